The average Bonchev–Trinajstić information content (AvgIpc) is 3.20. The Morgan fingerprint density at radius 3 is 1.61 bits per heavy atom. The van der Waals surface area contributed by atoms with E-state index >= 15 is 0 Å². The number of aliphatic hydroxyl groups is 1. The molecule has 0 aliphatic rings. The topological polar surface area (TPSA) is 194 Å². The van der Waals surface area contributed by atoms with Gasteiger partial charge >= 0.3 is 5.97 Å². The number of amides is 2. The van der Waals surface area contributed by atoms with Crippen LogP contribution in [0.4, 0.5) is 0 Å². The van der Waals surface area contributed by atoms with Gasteiger partial charge in [0.25, 0.3) is 0 Å². The molecule has 0 rings (SSSR count). The second-order valence-electron chi connectivity index (χ2n) is 12.9. The summed E-state index contributed by atoms with van der Waals surface area (Å²) < 4.78 is 21.1. The van der Waals surface area contributed by atoms with Crippen LogP contribution in [0.2, 0.25) is 0 Å². The summed E-state index contributed by atoms with van der Waals surface area (Å²) in [6, 6.07) is -0.488. The van der Waals surface area contributed by atoms with Crippen molar-refractivity contribution in [1.82, 2.24) is 21.3 Å². The van der Waals surface area contributed by atoms with Gasteiger partial charge in [-0.25, -0.2) is 4.79 Å². The van der Waals surface area contributed by atoms with Crippen molar-refractivity contribution in [3.05, 3.63) is 24.6 Å². The van der Waals surface area contributed by atoms with Crippen molar-refractivity contribution in [2.24, 2.45) is 0 Å². The molecule has 2 amide bonds. The third-order valence-electron chi connectivity index (χ3n) is 7.88. The molecule has 0 bridgehead atoms. The summed E-state index contributed by atoms with van der Waals surface area (Å²) in [5.74, 6) is -0.783. The number of ether oxygens (including phenoxy) is 4. The number of carbonyl (C=O) groups excluding carboxylic acids is 3. The number of carbonyl (C=O) groups is 4. The Morgan fingerprint density at radius 2 is 1.11 bits per heavy atom. The fourth-order valence-corrected chi connectivity index (χ4v) is 4.86. The summed E-state index contributed by atoms with van der Waals surface area (Å²) >= 11 is 0. The molecule has 0 saturated heterocycles. The molecule has 0 aliphatic heterocycles. The second-order valence-corrected chi connectivity index (χ2v) is 12.9. The van der Waals surface area contributed by atoms with Crippen molar-refractivity contribution < 1.29 is 48.3 Å². The highest BCUT2D eigenvalue weighted by atomic mass is 16.5. The summed E-state index contributed by atoms with van der Waals surface area (Å²) in [6.45, 7) is 20.4. The van der Waals surface area contributed by atoms with Crippen LogP contribution in [0.25, 0.3) is 0 Å². The zero-order valence-electron chi connectivity index (χ0n) is 35.9. The highest BCUT2D eigenvalue weighted by molar-refractivity contribution is 5.73. The standard InChI is InChI=1S/C22H41NO3.C14H28N2O5.C5H11NO.CH4O/c1-3-17-21(22(25)26)23-20(2)18-15-13-11-9-7-5-4-6-8-10-12-14-16-19-24;1-3-18-8-9-20-7-5-16-14(2)12-21-11-10-19-6-4-15-13-17;1-2-3-4-6-5-7;1-2/h19,21,23H,2-18H2,1H3,(H,25,26);13,16H,2-12H2,1H3,(H,15,17);5H,2-4H2,1H3,(H,6,7);2H,1H3. The first-order valence-corrected chi connectivity index (χ1v) is 21.0. The zero-order valence-corrected chi connectivity index (χ0v) is 35.9. The van der Waals surface area contributed by atoms with Gasteiger partial charge in [-0.3, -0.25) is 9.59 Å². The molecule has 0 spiro atoms. The lowest BCUT2D eigenvalue weighted by Crippen LogP contribution is -2.35. The number of allylic oxidation sites excluding steroid dienone is 1. The summed E-state index contributed by atoms with van der Waals surface area (Å²) in [5.41, 5.74) is 1.67. The molecule has 14 heteroatoms. The Balaban J connectivity index is -0.000000402. The first-order valence-electron chi connectivity index (χ1n) is 21.0. The summed E-state index contributed by atoms with van der Waals surface area (Å²) in [7, 11) is 1.00. The zero-order chi connectivity index (χ0) is 42.6. The average molecular weight is 805 g/mol. The van der Waals surface area contributed by atoms with E-state index < -0.39 is 12.0 Å². The van der Waals surface area contributed by atoms with Crippen molar-refractivity contribution in [3.8, 4) is 0 Å². The Labute approximate surface area is 340 Å². The molecule has 0 aromatic carbocycles. The number of rotatable bonds is 41. The molecular formula is C42H84N4O10. The van der Waals surface area contributed by atoms with E-state index in [2.05, 4.69) is 41.3 Å². The normalized spacial score (nSPS) is 10.5. The molecule has 0 aliphatic carbocycles. The van der Waals surface area contributed by atoms with E-state index in [1.165, 1.54) is 64.2 Å². The van der Waals surface area contributed by atoms with Crippen LogP contribution in [0.1, 0.15) is 136 Å². The quantitative estimate of drug-likeness (QED) is 0.0309. The molecule has 0 aromatic heterocycles. The van der Waals surface area contributed by atoms with Crippen LogP contribution in [-0.4, -0.2) is 121 Å². The number of aldehydes is 1. The van der Waals surface area contributed by atoms with Gasteiger partial charge in [0.2, 0.25) is 12.8 Å². The maximum absolute atomic E-state index is 11.1. The summed E-state index contributed by atoms with van der Waals surface area (Å²) in [6.07, 6.45) is 22.7. The molecule has 0 heterocycles. The Kier molecular flexibility index (Phi) is 60.0. The van der Waals surface area contributed by atoms with Crippen LogP contribution in [0, 0.1) is 0 Å². The van der Waals surface area contributed by atoms with Crippen LogP contribution >= 0.6 is 0 Å². The molecule has 0 radical (unpaired) electrons. The van der Waals surface area contributed by atoms with Gasteiger partial charge in [-0.2, -0.15) is 0 Å². The van der Waals surface area contributed by atoms with Crippen molar-refractivity contribution in [2.45, 2.75) is 142 Å². The summed E-state index contributed by atoms with van der Waals surface area (Å²) in [5, 5.41) is 27.4. The van der Waals surface area contributed by atoms with Gasteiger partial charge in [-0.1, -0.05) is 104 Å². The molecule has 14 nitrogen and oxygen atoms in total. The number of hydrogen-bond acceptors (Lipinski definition) is 11. The van der Waals surface area contributed by atoms with E-state index in [4.69, 9.17) is 29.2 Å². The monoisotopic (exact) mass is 805 g/mol. The Bertz CT molecular complexity index is 852. The molecule has 1 unspecified atom stereocenters. The maximum Gasteiger partial charge on any atom is 0.326 e. The minimum atomic E-state index is -0.783. The van der Waals surface area contributed by atoms with Crippen molar-refractivity contribution in [1.29, 1.82) is 0 Å². The number of aliphatic carboxylic acids is 1. The fraction of sp³-hybridized carbons (Fsp3) is 0.810. The smallest absolute Gasteiger partial charge is 0.326 e. The third-order valence-corrected chi connectivity index (χ3v) is 7.88. The van der Waals surface area contributed by atoms with Gasteiger partial charge in [0.15, 0.2) is 0 Å². The van der Waals surface area contributed by atoms with Gasteiger partial charge in [0, 0.05) is 51.2 Å². The first kappa shape index (κ1) is 59.6. The molecule has 0 saturated carbocycles. The van der Waals surface area contributed by atoms with Crippen molar-refractivity contribution in [2.75, 3.05) is 79.6 Å². The number of carboxylic acid groups (broad SMARTS) is 1. The number of unbranched alkanes of at least 4 members (excludes halogenated alkanes) is 13. The van der Waals surface area contributed by atoms with Gasteiger partial charge in [-0.15, -0.1) is 0 Å². The molecule has 332 valence electrons. The molecule has 1 atom stereocenters. The van der Waals surface area contributed by atoms with E-state index in [1.54, 1.807) is 0 Å². The van der Waals surface area contributed by atoms with E-state index in [1.807, 2.05) is 13.8 Å². The molecule has 6 N–H and O–H groups in total. The summed E-state index contributed by atoms with van der Waals surface area (Å²) in [4.78, 5) is 40.8. The predicted molar refractivity (Wildman–Crippen MR) is 227 cm³/mol. The van der Waals surface area contributed by atoms with Crippen molar-refractivity contribution in [3.63, 3.8) is 0 Å². The predicted octanol–water partition coefficient (Wildman–Crippen LogP) is 6.07. The van der Waals surface area contributed by atoms with Crippen LogP contribution in [0.15, 0.2) is 24.6 Å². The van der Waals surface area contributed by atoms with Crippen LogP contribution in [0.3, 0.4) is 0 Å². The molecule has 56 heavy (non-hydrogen) atoms. The van der Waals surface area contributed by atoms with Crippen LogP contribution in [0.5, 0.6) is 0 Å². The number of hydrogen-bond donors (Lipinski definition) is 6. The SMILES string of the molecule is C=C(CCCCCCCCCCCCCCC=O)NC(CCC)C(=O)O.C=C(COCCOCCNC=O)NCCOCCOCC.CCCCNC=O.CO. The van der Waals surface area contributed by atoms with E-state index in [0.717, 1.165) is 82.7 Å². The maximum atomic E-state index is 11.1. The lowest BCUT2D eigenvalue weighted by atomic mass is 10.0. The molecule has 0 fully saturated rings. The van der Waals surface area contributed by atoms with Gasteiger partial charge in [-0.05, 0) is 39.0 Å². The van der Waals surface area contributed by atoms with Crippen molar-refractivity contribution >= 4 is 25.1 Å². The number of aliphatic hydroxyl groups excluding tert-OH is 1. The first-order chi connectivity index (χ1) is 27.3. The second kappa shape index (κ2) is 56.3. The van der Waals surface area contributed by atoms with Gasteiger partial charge in [0.1, 0.15) is 12.3 Å². The Hall–Kier alpha value is -3.04. The lowest BCUT2D eigenvalue weighted by molar-refractivity contribution is -0.139. The van der Waals surface area contributed by atoms with E-state index in [9.17, 15) is 19.2 Å². The minimum Gasteiger partial charge on any atom is -0.480 e. The number of carboxylic acids is 1. The van der Waals surface area contributed by atoms with Crippen LogP contribution in [-0.2, 0) is 38.1 Å². The highest BCUT2D eigenvalue weighted by Gasteiger charge is 2.15. The van der Waals surface area contributed by atoms with E-state index in [-0.39, 0.29) is 0 Å². The molecule has 0 aromatic rings. The highest BCUT2D eigenvalue weighted by Crippen LogP contribution is 2.14. The van der Waals surface area contributed by atoms with Gasteiger partial charge in [0.05, 0.1) is 46.2 Å². The van der Waals surface area contributed by atoms with Gasteiger partial charge < -0.3 is 55.2 Å². The minimum absolute atomic E-state index is 0.439. The third kappa shape index (κ3) is 57.7. The molecular weight excluding hydrogens is 720 g/mol. The van der Waals surface area contributed by atoms with Crippen LogP contribution < -0.4 is 21.3 Å². The fourth-order valence-electron chi connectivity index (χ4n) is 4.86. The van der Waals surface area contributed by atoms with E-state index in [0.29, 0.717) is 78.8 Å². The number of nitrogens with one attached hydrogen (secondary N) is 4. The lowest BCUT2D eigenvalue weighted by Gasteiger charge is -2.16. The largest absolute Gasteiger partial charge is 0.480 e. The Morgan fingerprint density at radius 1 is 0.607 bits per heavy atom.